The summed E-state index contributed by atoms with van der Waals surface area (Å²) in [4.78, 5) is 25.7. The van der Waals surface area contributed by atoms with Gasteiger partial charge in [0.1, 0.15) is 5.01 Å². The van der Waals surface area contributed by atoms with Crippen molar-refractivity contribution in [3.8, 4) is 10.6 Å². The lowest BCUT2D eigenvalue weighted by atomic mass is 10.1. The number of nitro benzene ring substituents is 1. The number of nitro groups is 1. The second-order valence-electron chi connectivity index (χ2n) is 5.66. The Morgan fingerprint density at radius 1 is 1.24 bits per heavy atom. The fourth-order valence-electron chi connectivity index (χ4n) is 1.99. The van der Waals surface area contributed by atoms with Crippen LogP contribution in [0.5, 0.6) is 0 Å². The summed E-state index contributed by atoms with van der Waals surface area (Å²) in [5, 5.41) is 22.5. The van der Waals surface area contributed by atoms with Gasteiger partial charge in [-0.05, 0) is 32.0 Å². The van der Waals surface area contributed by atoms with Crippen LogP contribution in [-0.2, 0) is 0 Å². The number of nitrogens with zero attached hydrogens (tertiary/aromatic N) is 2. The predicted molar refractivity (Wildman–Crippen MR) is 94.1 cm³/mol. The molecular weight excluding hydrogens is 342 g/mol. The second kappa shape index (κ2) is 7.82. The van der Waals surface area contributed by atoms with Gasteiger partial charge in [-0.3, -0.25) is 10.1 Å². The van der Waals surface area contributed by atoms with Crippen molar-refractivity contribution in [1.82, 2.24) is 4.98 Å². The molecule has 7 nitrogen and oxygen atoms in total. The number of hydrogen-bond donors (Lipinski definition) is 1. The first-order valence-electron chi connectivity index (χ1n) is 7.48. The van der Waals surface area contributed by atoms with Gasteiger partial charge in [-0.25, -0.2) is 4.98 Å². The molecule has 0 saturated carbocycles. The molecule has 0 aliphatic rings. The lowest BCUT2D eigenvalue weighted by molar-refractivity contribution is -0.407. The number of carboxylic acid groups (broad SMARTS) is 1. The summed E-state index contributed by atoms with van der Waals surface area (Å²) < 4.78 is 0.912. The first kappa shape index (κ1) is 18.5. The number of para-hydroxylation sites is 1. The van der Waals surface area contributed by atoms with Crippen molar-refractivity contribution in [1.29, 1.82) is 0 Å². The number of fused-ring (bicyclic) bond motifs is 1. The van der Waals surface area contributed by atoms with Crippen molar-refractivity contribution in [2.24, 2.45) is 0 Å². The monoisotopic (exact) mass is 359 g/mol. The van der Waals surface area contributed by atoms with Gasteiger partial charge in [0.15, 0.2) is 0 Å². The number of thiazole rings is 1. The third-order valence-corrected chi connectivity index (χ3v) is 4.03. The van der Waals surface area contributed by atoms with Crippen molar-refractivity contribution in [3.63, 3.8) is 0 Å². The molecule has 3 aromatic rings. The molecule has 3 N–H and O–H groups in total. The number of carboxylic acids is 1. The number of aromatic nitrogens is 1. The van der Waals surface area contributed by atoms with E-state index in [1.807, 2.05) is 24.3 Å². The number of non-ortho nitro benzene ring substituents is 1. The molecule has 2 aromatic carbocycles. The Hall–Kier alpha value is -2.84. The van der Waals surface area contributed by atoms with E-state index in [0.717, 1.165) is 16.3 Å². The summed E-state index contributed by atoms with van der Waals surface area (Å²) >= 11 is 1.32. The van der Waals surface area contributed by atoms with Crippen LogP contribution in [0.4, 0.5) is 5.69 Å². The molecule has 0 radical (unpaired) electrons. The summed E-state index contributed by atoms with van der Waals surface area (Å²) in [5.41, 5.74) is 4.18. The molecular formula is C17H17N3O4S. The third-order valence-electron chi connectivity index (χ3n) is 2.96. The van der Waals surface area contributed by atoms with Gasteiger partial charge in [0.2, 0.25) is 0 Å². The topological polar surface area (TPSA) is 124 Å². The number of carbonyl (C=O) groups is 1. The van der Waals surface area contributed by atoms with Gasteiger partial charge in [-0.2, -0.15) is 0 Å². The highest BCUT2D eigenvalue weighted by Crippen LogP contribution is 2.33. The highest BCUT2D eigenvalue weighted by molar-refractivity contribution is 7.21. The maximum absolute atomic E-state index is 11.2. The number of quaternary nitrogens is 1. The lowest BCUT2D eigenvalue weighted by Crippen LogP contribution is -2.57. The van der Waals surface area contributed by atoms with Crippen LogP contribution in [0.3, 0.4) is 0 Å². The number of benzene rings is 2. The van der Waals surface area contributed by atoms with E-state index in [1.165, 1.54) is 23.5 Å². The molecule has 0 aliphatic heterocycles. The van der Waals surface area contributed by atoms with Gasteiger partial charge in [-0.15, -0.1) is 11.3 Å². The highest BCUT2D eigenvalue weighted by atomic mass is 32.1. The molecule has 8 heteroatoms. The first-order chi connectivity index (χ1) is 11.8. The minimum Gasteiger partial charge on any atom is -0.545 e. The maximum atomic E-state index is 11.2. The first-order valence-corrected chi connectivity index (χ1v) is 8.30. The van der Waals surface area contributed by atoms with Crippen LogP contribution in [-0.4, -0.2) is 21.9 Å². The Bertz CT molecular complexity index is 885. The average molecular weight is 359 g/mol. The third kappa shape index (κ3) is 4.59. The van der Waals surface area contributed by atoms with E-state index < -0.39 is 10.9 Å². The Morgan fingerprint density at radius 3 is 2.44 bits per heavy atom. The molecule has 3 rings (SSSR count). The molecule has 0 atom stereocenters. The Morgan fingerprint density at radius 2 is 1.88 bits per heavy atom. The van der Waals surface area contributed by atoms with Crippen LogP contribution < -0.4 is 10.8 Å². The van der Waals surface area contributed by atoms with E-state index in [-0.39, 0.29) is 11.3 Å². The largest absolute Gasteiger partial charge is 0.545 e. The standard InChI is InChI=1S/C14H8N2O4S.C3H9N/c17-14(18)10-7-8(16(19)20)5-6-9(10)13-15-11-3-1-2-4-12(11)21-13;1-3(2)4/h1-7H,(H,17,18);3H,4H2,1-2H3. The summed E-state index contributed by atoms with van der Waals surface area (Å²) in [7, 11) is 0. The summed E-state index contributed by atoms with van der Waals surface area (Å²) in [6.07, 6.45) is 0. The van der Waals surface area contributed by atoms with Gasteiger partial charge in [0.05, 0.1) is 27.2 Å². The number of rotatable bonds is 3. The number of hydrogen-bond acceptors (Lipinski definition) is 6. The molecule has 0 bridgehead atoms. The summed E-state index contributed by atoms with van der Waals surface area (Å²) in [6.45, 7) is 4.11. The molecule has 0 unspecified atom stereocenters. The Kier molecular flexibility index (Phi) is 5.79. The van der Waals surface area contributed by atoms with Crippen LogP contribution in [0.15, 0.2) is 42.5 Å². The number of aromatic carboxylic acids is 1. The van der Waals surface area contributed by atoms with Crippen LogP contribution in [0, 0.1) is 10.1 Å². The van der Waals surface area contributed by atoms with E-state index in [1.54, 1.807) is 0 Å². The summed E-state index contributed by atoms with van der Waals surface area (Å²) in [5.74, 6) is -1.46. The molecule has 25 heavy (non-hydrogen) atoms. The van der Waals surface area contributed by atoms with Crippen LogP contribution in [0.25, 0.3) is 20.8 Å². The molecule has 0 saturated heterocycles. The van der Waals surface area contributed by atoms with E-state index >= 15 is 0 Å². The van der Waals surface area contributed by atoms with Crippen LogP contribution >= 0.6 is 11.3 Å². The minimum atomic E-state index is -1.46. The zero-order valence-corrected chi connectivity index (χ0v) is 14.6. The number of carbonyl (C=O) groups excluding carboxylic acids is 1. The van der Waals surface area contributed by atoms with Gasteiger partial charge in [0, 0.05) is 23.3 Å². The average Bonchev–Trinajstić information content (AvgIpc) is 2.97. The molecule has 0 fully saturated rings. The van der Waals surface area contributed by atoms with Gasteiger partial charge in [-0.1, -0.05) is 12.1 Å². The van der Waals surface area contributed by atoms with Crippen molar-refractivity contribution in [2.45, 2.75) is 19.9 Å². The van der Waals surface area contributed by atoms with E-state index in [4.69, 9.17) is 0 Å². The maximum Gasteiger partial charge on any atom is 0.270 e. The quantitative estimate of drug-likeness (QED) is 0.565. The SMILES string of the molecule is CC(C)[NH3+].O=C([O-])c1cc([N+](=O)[O-])ccc1-c1nc2ccccc2s1. The normalized spacial score (nSPS) is 10.4. The molecule has 1 aromatic heterocycles. The highest BCUT2D eigenvalue weighted by Gasteiger charge is 2.15. The molecule has 1 heterocycles. The summed E-state index contributed by atoms with van der Waals surface area (Å²) in [6, 6.07) is 11.6. The van der Waals surface area contributed by atoms with Gasteiger partial charge < -0.3 is 15.6 Å². The molecule has 0 spiro atoms. The van der Waals surface area contributed by atoms with Crippen molar-refractivity contribution in [3.05, 3.63) is 58.1 Å². The molecule has 130 valence electrons. The molecule has 0 amide bonds. The van der Waals surface area contributed by atoms with Crippen LogP contribution in [0.2, 0.25) is 0 Å². The second-order valence-corrected chi connectivity index (χ2v) is 6.69. The Labute approximate surface area is 147 Å². The smallest absolute Gasteiger partial charge is 0.270 e. The fraction of sp³-hybridized carbons (Fsp3) is 0.176. The van der Waals surface area contributed by atoms with Crippen molar-refractivity contribution in [2.75, 3.05) is 0 Å². The zero-order chi connectivity index (χ0) is 18.6. The molecule has 0 aliphatic carbocycles. The fourth-order valence-corrected chi connectivity index (χ4v) is 2.99. The minimum absolute atomic E-state index is 0.233. The van der Waals surface area contributed by atoms with Crippen molar-refractivity contribution >= 4 is 33.2 Å². The van der Waals surface area contributed by atoms with Gasteiger partial charge >= 0.3 is 0 Å². The van der Waals surface area contributed by atoms with Crippen molar-refractivity contribution < 1.29 is 20.6 Å². The van der Waals surface area contributed by atoms with E-state index in [2.05, 4.69) is 24.6 Å². The lowest BCUT2D eigenvalue weighted by Gasteiger charge is -2.07. The predicted octanol–water partition coefficient (Wildman–Crippen LogP) is 1.87. The van der Waals surface area contributed by atoms with Gasteiger partial charge in [0.25, 0.3) is 5.69 Å². The van der Waals surface area contributed by atoms with E-state index in [9.17, 15) is 20.0 Å². The van der Waals surface area contributed by atoms with Crippen LogP contribution in [0.1, 0.15) is 24.2 Å². The Balaban J connectivity index is 0.000000511. The van der Waals surface area contributed by atoms with E-state index in [0.29, 0.717) is 16.6 Å². The zero-order valence-electron chi connectivity index (χ0n) is 13.8.